The molecule has 5 nitrogen and oxygen atoms in total. The Balaban J connectivity index is 2.00. The number of amides is 1. The number of hydrogen-bond donors (Lipinski definition) is 2. The highest BCUT2D eigenvalue weighted by Gasteiger charge is 2.19. The van der Waals surface area contributed by atoms with Gasteiger partial charge in [-0.25, -0.2) is 4.79 Å². The van der Waals surface area contributed by atoms with Crippen LogP contribution in [0.15, 0.2) is 24.3 Å². The van der Waals surface area contributed by atoms with Gasteiger partial charge < -0.3 is 15.0 Å². The smallest absolute Gasteiger partial charge is 0.340 e. The average molecular weight is 328 g/mol. The Morgan fingerprint density at radius 2 is 1.96 bits per heavy atom. The molecule has 0 bridgehead atoms. The molecule has 128 valence electrons. The number of rotatable bonds is 6. The Bertz CT molecular complexity index is 747. The summed E-state index contributed by atoms with van der Waals surface area (Å²) in [6.07, 6.45) is 0.890. The number of nitrogens with one attached hydrogen (secondary N) is 2. The summed E-state index contributed by atoms with van der Waals surface area (Å²) in [7, 11) is 0. The Morgan fingerprint density at radius 3 is 2.62 bits per heavy atom. The van der Waals surface area contributed by atoms with E-state index in [1.807, 2.05) is 45.0 Å². The fourth-order valence-electron chi connectivity index (χ4n) is 2.76. The summed E-state index contributed by atoms with van der Waals surface area (Å²) >= 11 is 0. The third-order valence-electron chi connectivity index (χ3n) is 3.92. The number of carbonyl (C=O) groups is 2. The first-order valence-electron chi connectivity index (χ1n) is 8.14. The van der Waals surface area contributed by atoms with Crippen molar-refractivity contribution in [3.63, 3.8) is 0 Å². The minimum absolute atomic E-state index is 0.0510. The number of aromatic amines is 1. The maximum Gasteiger partial charge on any atom is 0.340 e. The minimum atomic E-state index is -0.320. The molecule has 0 radical (unpaired) electrons. The monoisotopic (exact) mass is 328 g/mol. The first-order valence-corrected chi connectivity index (χ1v) is 8.14. The van der Waals surface area contributed by atoms with Crippen molar-refractivity contribution in [2.24, 2.45) is 0 Å². The lowest BCUT2D eigenvalue weighted by Crippen LogP contribution is -2.12. The molecule has 0 saturated heterocycles. The van der Waals surface area contributed by atoms with Gasteiger partial charge in [0.25, 0.3) is 0 Å². The van der Waals surface area contributed by atoms with Crippen LogP contribution in [0.1, 0.15) is 46.2 Å². The van der Waals surface area contributed by atoms with Crippen molar-refractivity contribution in [1.82, 2.24) is 4.98 Å². The van der Waals surface area contributed by atoms with E-state index in [1.165, 1.54) is 0 Å². The van der Waals surface area contributed by atoms with E-state index in [9.17, 15) is 9.59 Å². The lowest BCUT2D eigenvalue weighted by molar-refractivity contribution is -0.116. The van der Waals surface area contributed by atoms with E-state index in [0.29, 0.717) is 25.0 Å². The van der Waals surface area contributed by atoms with Gasteiger partial charge in [0.2, 0.25) is 5.91 Å². The number of ether oxygens (including phenoxy) is 1. The quantitative estimate of drug-likeness (QED) is 0.795. The average Bonchev–Trinajstić information content (AvgIpc) is 2.79. The molecule has 1 amide bonds. The van der Waals surface area contributed by atoms with Crippen molar-refractivity contribution >= 4 is 17.6 Å². The van der Waals surface area contributed by atoms with Gasteiger partial charge in [-0.15, -0.1) is 0 Å². The number of benzene rings is 1. The van der Waals surface area contributed by atoms with Crippen LogP contribution in [-0.2, 0) is 16.0 Å². The van der Waals surface area contributed by atoms with Crippen molar-refractivity contribution in [3.8, 4) is 0 Å². The molecule has 2 N–H and O–H groups in total. The summed E-state index contributed by atoms with van der Waals surface area (Å²) < 4.78 is 5.08. The molecule has 5 heteroatoms. The molecule has 2 aromatic rings. The van der Waals surface area contributed by atoms with Crippen LogP contribution in [0.25, 0.3) is 0 Å². The maximum atomic E-state index is 12.1. The molecule has 0 unspecified atom stereocenters. The van der Waals surface area contributed by atoms with Crippen molar-refractivity contribution in [2.45, 2.75) is 40.5 Å². The van der Waals surface area contributed by atoms with Crippen LogP contribution >= 0.6 is 0 Å². The molecular formula is C19H24N2O3. The summed E-state index contributed by atoms with van der Waals surface area (Å²) in [6.45, 7) is 7.83. The zero-order valence-corrected chi connectivity index (χ0v) is 14.7. The Hall–Kier alpha value is -2.56. The van der Waals surface area contributed by atoms with E-state index < -0.39 is 0 Å². The normalized spacial score (nSPS) is 10.5. The number of H-pyrrole nitrogens is 1. The number of aromatic nitrogens is 1. The maximum absolute atomic E-state index is 12.1. The van der Waals surface area contributed by atoms with Gasteiger partial charge in [-0.2, -0.15) is 0 Å². The van der Waals surface area contributed by atoms with E-state index in [1.54, 1.807) is 6.92 Å². The van der Waals surface area contributed by atoms with E-state index >= 15 is 0 Å². The fraction of sp³-hybridized carbons (Fsp3) is 0.368. The molecule has 0 spiro atoms. The van der Waals surface area contributed by atoms with Gasteiger partial charge in [-0.3, -0.25) is 4.79 Å². The Labute approximate surface area is 142 Å². The van der Waals surface area contributed by atoms with E-state index in [-0.39, 0.29) is 11.9 Å². The summed E-state index contributed by atoms with van der Waals surface area (Å²) in [5.74, 6) is -0.371. The standard InChI is InChI=1S/C19H24N2O3/c1-5-24-19(23)18-13(3)16(20-14(18)4)9-10-17(22)21-15-8-6-7-12(2)11-15/h6-8,11,20H,5,9-10H2,1-4H3,(H,21,22). The fourth-order valence-corrected chi connectivity index (χ4v) is 2.76. The summed E-state index contributed by atoms with van der Waals surface area (Å²) in [5.41, 5.74) is 5.00. The molecule has 24 heavy (non-hydrogen) atoms. The summed E-state index contributed by atoms with van der Waals surface area (Å²) in [6, 6.07) is 7.70. The zero-order chi connectivity index (χ0) is 17.7. The van der Waals surface area contributed by atoms with Crippen LogP contribution in [0.3, 0.4) is 0 Å². The number of carbonyl (C=O) groups excluding carboxylic acids is 2. The van der Waals surface area contributed by atoms with Crippen LogP contribution < -0.4 is 5.32 Å². The van der Waals surface area contributed by atoms with Crippen LogP contribution in [0.5, 0.6) is 0 Å². The number of hydrogen-bond acceptors (Lipinski definition) is 3. The third-order valence-corrected chi connectivity index (χ3v) is 3.92. The second-order valence-electron chi connectivity index (χ2n) is 5.87. The number of anilines is 1. The van der Waals surface area contributed by atoms with Gasteiger partial charge >= 0.3 is 5.97 Å². The van der Waals surface area contributed by atoms with E-state index in [4.69, 9.17) is 4.74 Å². The molecule has 0 aliphatic rings. The highest BCUT2D eigenvalue weighted by molar-refractivity contribution is 5.93. The first kappa shape index (κ1) is 17.8. The van der Waals surface area contributed by atoms with E-state index in [0.717, 1.165) is 28.2 Å². The largest absolute Gasteiger partial charge is 0.462 e. The molecule has 2 rings (SSSR count). The zero-order valence-electron chi connectivity index (χ0n) is 14.7. The van der Waals surface area contributed by atoms with Gasteiger partial charge in [0.1, 0.15) is 0 Å². The highest BCUT2D eigenvalue weighted by Crippen LogP contribution is 2.20. The molecule has 1 heterocycles. The van der Waals surface area contributed by atoms with E-state index in [2.05, 4.69) is 10.3 Å². The van der Waals surface area contributed by atoms with Crippen molar-refractivity contribution in [2.75, 3.05) is 11.9 Å². The molecule has 1 aromatic heterocycles. The number of esters is 1. The van der Waals surface area contributed by atoms with Crippen molar-refractivity contribution in [1.29, 1.82) is 0 Å². The summed E-state index contributed by atoms with van der Waals surface area (Å²) in [5, 5.41) is 2.89. The van der Waals surface area contributed by atoms with Gasteiger partial charge in [-0.1, -0.05) is 12.1 Å². The topological polar surface area (TPSA) is 71.2 Å². The number of aryl methyl sites for hydroxylation is 3. The first-order chi connectivity index (χ1) is 11.4. The molecule has 0 aliphatic carbocycles. The van der Waals surface area contributed by atoms with Gasteiger partial charge in [-0.05, 0) is 57.4 Å². The van der Waals surface area contributed by atoms with Crippen molar-refractivity contribution < 1.29 is 14.3 Å². The lowest BCUT2D eigenvalue weighted by atomic mass is 10.1. The molecular weight excluding hydrogens is 304 g/mol. The second kappa shape index (κ2) is 7.81. The molecule has 0 aliphatic heterocycles. The Kier molecular flexibility index (Phi) is 5.79. The van der Waals surface area contributed by atoms with Crippen LogP contribution in [0.4, 0.5) is 5.69 Å². The second-order valence-corrected chi connectivity index (χ2v) is 5.87. The van der Waals surface area contributed by atoms with Crippen LogP contribution in [-0.4, -0.2) is 23.5 Å². The lowest BCUT2D eigenvalue weighted by Gasteiger charge is -2.06. The SMILES string of the molecule is CCOC(=O)c1c(C)[nH]c(CCC(=O)Nc2cccc(C)c2)c1C. The molecule has 1 aromatic carbocycles. The third kappa shape index (κ3) is 4.25. The molecule has 0 saturated carbocycles. The predicted molar refractivity (Wildman–Crippen MR) is 94.4 cm³/mol. The minimum Gasteiger partial charge on any atom is -0.462 e. The predicted octanol–water partition coefficient (Wildman–Crippen LogP) is 3.69. The van der Waals surface area contributed by atoms with Gasteiger partial charge in [0.15, 0.2) is 0 Å². The van der Waals surface area contributed by atoms with Crippen molar-refractivity contribution in [3.05, 3.63) is 52.3 Å². The highest BCUT2D eigenvalue weighted by atomic mass is 16.5. The summed E-state index contributed by atoms with van der Waals surface area (Å²) in [4.78, 5) is 27.3. The van der Waals surface area contributed by atoms with Gasteiger partial charge in [0, 0.05) is 23.5 Å². The van der Waals surface area contributed by atoms with Gasteiger partial charge in [0.05, 0.1) is 12.2 Å². The molecule has 0 fully saturated rings. The van der Waals surface area contributed by atoms with Crippen LogP contribution in [0.2, 0.25) is 0 Å². The molecule has 0 atom stereocenters. The van der Waals surface area contributed by atoms with Crippen LogP contribution in [0, 0.1) is 20.8 Å². The Morgan fingerprint density at radius 1 is 1.21 bits per heavy atom.